The zero-order valence-electron chi connectivity index (χ0n) is 6.62. The maximum absolute atomic E-state index is 12.6. The fourth-order valence-electron chi connectivity index (χ4n) is 0.920. The average Bonchev–Trinajstić information content (AvgIpc) is 2.05. The Kier molecular flexibility index (Phi) is 2.72. The van der Waals surface area contributed by atoms with Crippen LogP contribution in [0.3, 0.4) is 0 Å². The Balaban J connectivity index is 2.94. The van der Waals surface area contributed by atoms with E-state index in [1.54, 1.807) is 19.1 Å². The predicted molar refractivity (Wildman–Crippen MR) is 42.9 cm³/mol. The van der Waals surface area contributed by atoms with Crippen LogP contribution in [0.1, 0.15) is 18.5 Å². The molecule has 0 radical (unpaired) electrons. The number of hydrogen-bond donors (Lipinski definition) is 0. The zero-order valence-corrected chi connectivity index (χ0v) is 6.62. The van der Waals surface area contributed by atoms with E-state index in [2.05, 4.69) is 4.99 Å². The quantitative estimate of drug-likeness (QED) is 0.488. The van der Waals surface area contributed by atoms with Crippen LogP contribution in [0, 0.1) is 5.82 Å². The summed E-state index contributed by atoms with van der Waals surface area (Å²) in [4.78, 5) is 13.4. The van der Waals surface area contributed by atoms with Crippen LogP contribution in [-0.2, 0) is 4.79 Å². The second-order valence-corrected chi connectivity index (χ2v) is 2.45. The van der Waals surface area contributed by atoms with Crippen molar-refractivity contribution >= 4 is 6.08 Å². The molecule has 1 atom stereocenters. The third kappa shape index (κ3) is 2.01. The van der Waals surface area contributed by atoms with Crippen molar-refractivity contribution in [1.29, 1.82) is 0 Å². The van der Waals surface area contributed by atoms with Gasteiger partial charge in [-0.1, -0.05) is 12.1 Å². The molecule has 0 aromatic heterocycles. The summed E-state index contributed by atoms with van der Waals surface area (Å²) in [6, 6.07) is 5.68. The number of isocyanates is 1. The van der Waals surface area contributed by atoms with E-state index in [4.69, 9.17) is 0 Å². The molecule has 0 fully saturated rings. The van der Waals surface area contributed by atoms with Crippen LogP contribution in [0.25, 0.3) is 0 Å². The Morgan fingerprint density at radius 3 is 2.92 bits per heavy atom. The number of benzene rings is 1. The minimum Gasteiger partial charge on any atom is -0.211 e. The molecule has 0 heterocycles. The van der Waals surface area contributed by atoms with Gasteiger partial charge < -0.3 is 0 Å². The van der Waals surface area contributed by atoms with E-state index in [0.29, 0.717) is 5.56 Å². The molecule has 0 saturated carbocycles. The third-order valence-corrected chi connectivity index (χ3v) is 1.58. The number of rotatable bonds is 2. The summed E-state index contributed by atoms with van der Waals surface area (Å²) in [6.45, 7) is 1.71. The normalized spacial score (nSPS) is 11.8. The summed E-state index contributed by atoms with van der Waals surface area (Å²) >= 11 is 0. The fraction of sp³-hybridized carbons (Fsp3) is 0.222. The highest BCUT2D eigenvalue weighted by Gasteiger charge is 2.02. The molecule has 0 bridgehead atoms. The molecule has 12 heavy (non-hydrogen) atoms. The molecule has 0 aliphatic heterocycles. The smallest absolute Gasteiger partial charge is 0.211 e. The first-order valence-corrected chi connectivity index (χ1v) is 3.56. The Bertz CT molecular complexity index is 318. The Morgan fingerprint density at radius 2 is 2.33 bits per heavy atom. The van der Waals surface area contributed by atoms with Crippen LogP contribution < -0.4 is 0 Å². The summed E-state index contributed by atoms with van der Waals surface area (Å²) in [5.41, 5.74) is 0.679. The van der Waals surface area contributed by atoms with Crippen molar-refractivity contribution in [3.63, 3.8) is 0 Å². The summed E-state index contributed by atoms with van der Waals surface area (Å²) in [6.07, 6.45) is 1.44. The van der Waals surface area contributed by atoms with Crippen molar-refractivity contribution in [1.82, 2.24) is 0 Å². The molecule has 0 saturated heterocycles. The molecule has 1 rings (SSSR count). The largest absolute Gasteiger partial charge is 0.235 e. The monoisotopic (exact) mass is 165 g/mol. The standard InChI is InChI=1S/C9H8FNO/c1-7(11-6-12)8-3-2-4-9(10)5-8/h2-5,7H,1H3/t7-/m0/s1. The molecule has 0 unspecified atom stereocenters. The lowest BCUT2D eigenvalue weighted by molar-refractivity contribution is 0.559. The number of hydrogen-bond acceptors (Lipinski definition) is 2. The zero-order chi connectivity index (χ0) is 8.97. The molecule has 1 aromatic carbocycles. The predicted octanol–water partition coefficient (Wildman–Crippen LogP) is 2.22. The van der Waals surface area contributed by atoms with Gasteiger partial charge in [-0.3, -0.25) is 0 Å². The maximum atomic E-state index is 12.6. The van der Waals surface area contributed by atoms with Crippen LogP contribution in [-0.4, -0.2) is 6.08 Å². The molecule has 0 spiro atoms. The number of aliphatic imine (C=N–C) groups is 1. The van der Waals surface area contributed by atoms with Crippen molar-refractivity contribution < 1.29 is 9.18 Å². The van der Waals surface area contributed by atoms with Crippen molar-refractivity contribution in [2.75, 3.05) is 0 Å². The van der Waals surface area contributed by atoms with E-state index in [1.165, 1.54) is 18.2 Å². The van der Waals surface area contributed by atoms with Gasteiger partial charge in [0, 0.05) is 0 Å². The lowest BCUT2D eigenvalue weighted by Crippen LogP contribution is -1.89. The van der Waals surface area contributed by atoms with E-state index in [1.807, 2.05) is 0 Å². The number of nitrogens with zero attached hydrogens (tertiary/aromatic N) is 1. The van der Waals surface area contributed by atoms with Crippen molar-refractivity contribution in [3.8, 4) is 0 Å². The SMILES string of the molecule is C[C@H](N=C=O)c1cccc(F)c1. The molecule has 0 amide bonds. The van der Waals surface area contributed by atoms with Gasteiger partial charge in [-0.15, -0.1) is 0 Å². The van der Waals surface area contributed by atoms with Gasteiger partial charge >= 0.3 is 0 Å². The maximum Gasteiger partial charge on any atom is 0.235 e. The van der Waals surface area contributed by atoms with Gasteiger partial charge in [-0.25, -0.2) is 9.18 Å². The van der Waals surface area contributed by atoms with Gasteiger partial charge in [0.25, 0.3) is 0 Å². The van der Waals surface area contributed by atoms with Crippen LogP contribution in [0.4, 0.5) is 4.39 Å². The molecule has 0 aliphatic rings. The van der Waals surface area contributed by atoms with Gasteiger partial charge in [-0.2, -0.15) is 4.99 Å². The second-order valence-electron chi connectivity index (χ2n) is 2.45. The Labute approximate surface area is 69.7 Å². The summed E-state index contributed by atoms with van der Waals surface area (Å²) in [5, 5.41) is 0. The minimum absolute atomic E-state index is 0.319. The molecular weight excluding hydrogens is 157 g/mol. The minimum atomic E-state index is -0.321. The van der Waals surface area contributed by atoms with E-state index >= 15 is 0 Å². The second kappa shape index (κ2) is 3.79. The van der Waals surface area contributed by atoms with E-state index < -0.39 is 0 Å². The fourth-order valence-corrected chi connectivity index (χ4v) is 0.920. The van der Waals surface area contributed by atoms with Gasteiger partial charge in [0.1, 0.15) is 5.82 Å². The first-order chi connectivity index (χ1) is 5.74. The molecule has 1 aromatic rings. The highest BCUT2D eigenvalue weighted by atomic mass is 19.1. The molecule has 2 nitrogen and oxygen atoms in total. The highest BCUT2D eigenvalue weighted by Crippen LogP contribution is 2.16. The van der Waals surface area contributed by atoms with E-state index in [-0.39, 0.29) is 11.9 Å². The molecule has 62 valence electrons. The van der Waals surface area contributed by atoms with Gasteiger partial charge in [0.05, 0.1) is 6.04 Å². The van der Waals surface area contributed by atoms with Gasteiger partial charge in [0.15, 0.2) is 0 Å². The van der Waals surface area contributed by atoms with E-state index in [9.17, 15) is 9.18 Å². The van der Waals surface area contributed by atoms with Crippen LogP contribution in [0.15, 0.2) is 29.3 Å². The molecule has 3 heteroatoms. The third-order valence-electron chi connectivity index (χ3n) is 1.58. The van der Waals surface area contributed by atoms with Crippen LogP contribution >= 0.6 is 0 Å². The number of halogens is 1. The van der Waals surface area contributed by atoms with Crippen LogP contribution in [0.2, 0.25) is 0 Å². The van der Waals surface area contributed by atoms with Crippen molar-refractivity contribution in [3.05, 3.63) is 35.6 Å². The average molecular weight is 165 g/mol. The van der Waals surface area contributed by atoms with E-state index in [0.717, 1.165) is 0 Å². The first-order valence-electron chi connectivity index (χ1n) is 3.56. The lowest BCUT2D eigenvalue weighted by Gasteiger charge is -2.02. The Morgan fingerprint density at radius 1 is 1.58 bits per heavy atom. The van der Waals surface area contributed by atoms with Crippen LogP contribution in [0.5, 0.6) is 0 Å². The molecule has 0 aliphatic carbocycles. The molecular formula is C9H8FNO. The topological polar surface area (TPSA) is 29.4 Å². The number of carbonyl (C=O) groups excluding carboxylic acids is 1. The summed E-state index contributed by atoms with van der Waals surface area (Å²) in [7, 11) is 0. The van der Waals surface area contributed by atoms with Crippen molar-refractivity contribution in [2.45, 2.75) is 13.0 Å². The summed E-state index contributed by atoms with van der Waals surface area (Å²) in [5.74, 6) is -0.319. The lowest BCUT2D eigenvalue weighted by atomic mass is 10.1. The first kappa shape index (κ1) is 8.62. The van der Waals surface area contributed by atoms with Gasteiger partial charge in [-0.05, 0) is 24.6 Å². The Hall–Kier alpha value is -1.47. The van der Waals surface area contributed by atoms with Crippen molar-refractivity contribution in [2.24, 2.45) is 4.99 Å². The highest BCUT2D eigenvalue weighted by molar-refractivity contribution is 5.35. The van der Waals surface area contributed by atoms with Gasteiger partial charge in [0.2, 0.25) is 6.08 Å². The summed E-state index contributed by atoms with van der Waals surface area (Å²) < 4.78 is 12.6. The molecule has 0 N–H and O–H groups in total.